The van der Waals surface area contributed by atoms with Gasteiger partial charge in [-0.05, 0) is 71.3 Å². The largest absolute Gasteiger partial charge is 0.422 e. The summed E-state index contributed by atoms with van der Waals surface area (Å²) in [6.07, 6.45) is 3.66. The van der Waals surface area contributed by atoms with Crippen LogP contribution in [0, 0.1) is 0 Å². The Morgan fingerprint density at radius 3 is 2.69 bits per heavy atom. The average Bonchev–Trinajstić information content (AvgIpc) is 3.24. The Morgan fingerprint density at radius 1 is 1.21 bits per heavy atom. The maximum atomic E-state index is 12.1. The highest BCUT2D eigenvalue weighted by molar-refractivity contribution is 7.98. The van der Waals surface area contributed by atoms with E-state index >= 15 is 0 Å². The predicted octanol–water partition coefficient (Wildman–Crippen LogP) is 5.04. The highest BCUT2D eigenvalue weighted by Gasteiger charge is 2.09. The van der Waals surface area contributed by atoms with E-state index in [-0.39, 0.29) is 18.3 Å². The van der Waals surface area contributed by atoms with Crippen LogP contribution in [0.25, 0.3) is 0 Å². The number of hydrogen-bond acceptors (Lipinski definition) is 6. The molecule has 0 saturated carbocycles. The molecule has 0 aliphatic carbocycles. The Bertz CT molecular complexity index is 1020. The fourth-order valence-corrected chi connectivity index (χ4v) is 3.84. The van der Waals surface area contributed by atoms with E-state index in [4.69, 9.17) is 16.3 Å². The fourth-order valence-electron chi connectivity index (χ4n) is 2.45. The lowest BCUT2D eigenvalue weighted by Crippen LogP contribution is -2.20. The summed E-state index contributed by atoms with van der Waals surface area (Å²) < 4.78 is 5.30. The first kappa shape index (κ1) is 21.1. The van der Waals surface area contributed by atoms with Crippen LogP contribution in [0.3, 0.4) is 0 Å². The first-order valence-corrected chi connectivity index (χ1v) is 11.0. The van der Waals surface area contributed by atoms with Gasteiger partial charge in [0.25, 0.3) is 0 Å². The fraction of sp³-hybridized carbons (Fsp3) is 0.0952. The topological polar surface area (TPSA) is 67.8 Å². The van der Waals surface area contributed by atoms with E-state index < -0.39 is 0 Å². The van der Waals surface area contributed by atoms with Gasteiger partial charge < -0.3 is 4.74 Å². The van der Waals surface area contributed by atoms with Crippen molar-refractivity contribution in [1.82, 2.24) is 5.43 Å². The zero-order valence-electron chi connectivity index (χ0n) is 15.4. The minimum atomic E-state index is -0.390. The molecule has 0 radical (unpaired) electrons. The van der Waals surface area contributed by atoms with Crippen molar-refractivity contribution in [2.45, 2.75) is 11.3 Å². The molecule has 0 saturated heterocycles. The molecule has 0 fully saturated rings. The van der Waals surface area contributed by atoms with Gasteiger partial charge in [0.2, 0.25) is 5.91 Å². The predicted molar refractivity (Wildman–Crippen MR) is 118 cm³/mol. The van der Waals surface area contributed by atoms with E-state index in [1.807, 2.05) is 17.7 Å². The zero-order valence-corrected chi connectivity index (χ0v) is 17.8. The number of ether oxygens (including phenoxy) is 1. The van der Waals surface area contributed by atoms with Crippen molar-refractivity contribution in [1.29, 1.82) is 0 Å². The Hall–Kier alpha value is -2.61. The summed E-state index contributed by atoms with van der Waals surface area (Å²) in [5.41, 5.74) is 4.12. The third-order valence-electron chi connectivity index (χ3n) is 3.81. The lowest BCUT2D eigenvalue weighted by molar-refractivity contribution is -0.120. The third kappa shape index (κ3) is 6.19. The van der Waals surface area contributed by atoms with E-state index in [1.54, 1.807) is 60.3 Å². The summed E-state index contributed by atoms with van der Waals surface area (Å²) in [4.78, 5) is 25.6. The molecule has 0 atom stereocenters. The van der Waals surface area contributed by atoms with E-state index in [0.717, 1.165) is 16.0 Å². The number of carbonyl (C=O) groups excluding carboxylic acids is 2. The number of nitrogens with one attached hydrogen (secondary N) is 1. The molecular formula is C21H17ClN2O3S2. The zero-order chi connectivity index (χ0) is 20.6. The van der Waals surface area contributed by atoms with Crippen LogP contribution >= 0.6 is 34.7 Å². The lowest BCUT2D eigenvalue weighted by Gasteiger charge is -2.07. The Morgan fingerprint density at radius 2 is 2.00 bits per heavy atom. The standard InChI is InChI=1S/C21H17ClN2O3S2/c1-28-18-9-6-16(22)11-15(18)12-20(25)24-23-13-14-4-7-17(8-5-14)27-21(26)19-3-2-10-29-19/h2-11,13H,12H2,1H3,(H,24,25)/b23-13-. The molecule has 1 amide bonds. The first-order valence-electron chi connectivity index (χ1n) is 8.55. The van der Waals surface area contributed by atoms with Crippen molar-refractivity contribution in [3.63, 3.8) is 0 Å². The van der Waals surface area contributed by atoms with Crippen LogP contribution in [-0.4, -0.2) is 24.3 Å². The summed E-state index contributed by atoms with van der Waals surface area (Å²) in [5.74, 6) is -0.185. The van der Waals surface area contributed by atoms with Crippen LogP contribution in [0.4, 0.5) is 0 Å². The number of halogens is 1. The molecule has 0 aliphatic heterocycles. The molecule has 0 unspecified atom stereocenters. The second-order valence-electron chi connectivity index (χ2n) is 5.86. The van der Waals surface area contributed by atoms with Crippen LogP contribution in [0.1, 0.15) is 20.8 Å². The third-order valence-corrected chi connectivity index (χ3v) is 5.73. The molecule has 3 rings (SSSR count). The van der Waals surface area contributed by atoms with Crippen molar-refractivity contribution >= 4 is 52.8 Å². The number of carbonyl (C=O) groups is 2. The van der Waals surface area contributed by atoms with Crippen molar-refractivity contribution in [3.8, 4) is 5.75 Å². The van der Waals surface area contributed by atoms with Gasteiger partial charge >= 0.3 is 5.97 Å². The van der Waals surface area contributed by atoms with Crippen LogP contribution < -0.4 is 10.2 Å². The van der Waals surface area contributed by atoms with Crippen molar-refractivity contribution < 1.29 is 14.3 Å². The summed E-state index contributed by atoms with van der Waals surface area (Å²) >= 11 is 8.90. The van der Waals surface area contributed by atoms with Gasteiger partial charge in [0.15, 0.2) is 0 Å². The highest BCUT2D eigenvalue weighted by atomic mass is 35.5. The molecule has 29 heavy (non-hydrogen) atoms. The molecule has 1 aromatic heterocycles. The van der Waals surface area contributed by atoms with Gasteiger partial charge in [0.1, 0.15) is 10.6 Å². The molecule has 5 nitrogen and oxygen atoms in total. The molecule has 148 valence electrons. The second kappa shape index (κ2) is 10.2. The molecule has 8 heteroatoms. The summed E-state index contributed by atoms with van der Waals surface area (Å²) in [6.45, 7) is 0. The SMILES string of the molecule is CSc1ccc(Cl)cc1CC(=O)N/N=C\c1ccc(OC(=O)c2cccs2)cc1. The molecule has 3 aromatic rings. The highest BCUT2D eigenvalue weighted by Crippen LogP contribution is 2.24. The molecule has 1 N–H and O–H groups in total. The van der Waals surface area contributed by atoms with E-state index in [2.05, 4.69) is 10.5 Å². The number of hydrogen-bond donors (Lipinski definition) is 1. The molecule has 0 spiro atoms. The number of benzene rings is 2. The number of hydrazone groups is 1. The van der Waals surface area contributed by atoms with E-state index in [1.165, 1.54) is 17.6 Å². The molecule has 0 bridgehead atoms. The number of thiophene rings is 1. The maximum absolute atomic E-state index is 12.1. The van der Waals surface area contributed by atoms with Gasteiger partial charge in [0.05, 0.1) is 12.6 Å². The second-order valence-corrected chi connectivity index (χ2v) is 8.09. The van der Waals surface area contributed by atoms with Gasteiger partial charge in [-0.3, -0.25) is 4.79 Å². The van der Waals surface area contributed by atoms with Gasteiger partial charge in [-0.2, -0.15) is 5.10 Å². The van der Waals surface area contributed by atoms with Crippen molar-refractivity contribution in [3.05, 3.63) is 81.0 Å². The smallest absolute Gasteiger partial charge is 0.353 e. The summed E-state index contributed by atoms with van der Waals surface area (Å²) in [6, 6.07) is 15.8. The number of nitrogens with zero attached hydrogens (tertiary/aromatic N) is 1. The Balaban J connectivity index is 1.53. The molecule has 2 aromatic carbocycles. The maximum Gasteiger partial charge on any atom is 0.353 e. The van der Waals surface area contributed by atoms with Crippen LogP contribution in [-0.2, 0) is 11.2 Å². The van der Waals surface area contributed by atoms with E-state index in [0.29, 0.717) is 15.6 Å². The number of esters is 1. The lowest BCUT2D eigenvalue weighted by atomic mass is 10.1. The molecule has 0 aliphatic rings. The summed E-state index contributed by atoms with van der Waals surface area (Å²) in [7, 11) is 0. The van der Waals surface area contributed by atoms with Gasteiger partial charge in [-0.25, -0.2) is 10.2 Å². The number of thioether (sulfide) groups is 1. The van der Waals surface area contributed by atoms with Gasteiger partial charge in [-0.15, -0.1) is 23.1 Å². The number of amides is 1. The molecular weight excluding hydrogens is 428 g/mol. The minimum absolute atomic E-state index is 0.186. The van der Waals surface area contributed by atoms with Gasteiger partial charge in [-0.1, -0.05) is 17.7 Å². The monoisotopic (exact) mass is 444 g/mol. The minimum Gasteiger partial charge on any atom is -0.422 e. The van der Waals surface area contributed by atoms with Crippen LogP contribution in [0.2, 0.25) is 5.02 Å². The number of rotatable bonds is 7. The van der Waals surface area contributed by atoms with Crippen LogP contribution in [0.5, 0.6) is 5.75 Å². The molecule has 1 heterocycles. The van der Waals surface area contributed by atoms with E-state index in [9.17, 15) is 9.59 Å². The quantitative estimate of drug-likeness (QED) is 0.182. The van der Waals surface area contributed by atoms with Crippen molar-refractivity contribution in [2.75, 3.05) is 6.26 Å². The first-order chi connectivity index (χ1) is 14.0. The van der Waals surface area contributed by atoms with Crippen molar-refractivity contribution in [2.24, 2.45) is 5.10 Å². The Kier molecular flexibility index (Phi) is 7.46. The normalized spacial score (nSPS) is 10.8. The van der Waals surface area contributed by atoms with Crippen LogP contribution in [0.15, 0.2) is 70.0 Å². The average molecular weight is 445 g/mol. The Labute approximate surface area is 181 Å². The van der Waals surface area contributed by atoms with Gasteiger partial charge in [0, 0.05) is 9.92 Å². The summed E-state index contributed by atoms with van der Waals surface area (Å²) in [5, 5.41) is 6.39.